The Bertz CT molecular complexity index is 809. The summed E-state index contributed by atoms with van der Waals surface area (Å²) in [5, 5.41) is 0.449. The maximum absolute atomic E-state index is 13.0. The average molecular weight is 328 g/mol. The second-order valence-corrected chi connectivity index (χ2v) is 6.10. The number of aromatic nitrogens is 2. The smallest absolute Gasteiger partial charge is 0.332 e. The second-order valence-electron chi connectivity index (χ2n) is 5.71. The lowest BCUT2D eigenvalue weighted by molar-refractivity contribution is -0.185. The monoisotopic (exact) mass is 328 g/mol. The van der Waals surface area contributed by atoms with E-state index in [9.17, 15) is 18.0 Å². The molecule has 2 atom stereocenters. The third kappa shape index (κ3) is 2.69. The number of benzene rings is 1. The van der Waals surface area contributed by atoms with Gasteiger partial charge in [0.05, 0.1) is 16.8 Å². The molecule has 1 aliphatic rings. The number of para-hydroxylation sites is 1. The Balaban J connectivity index is 2.07. The number of aromatic amines is 1. The molecule has 1 aliphatic carbocycles. The van der Waals surface area contributed by atoms with E-state index in [2.05, 4.69) is 4.98 Å². The minimum Gasteiger partial charge on any atom is -0.332 e. The molecule has 0 spiro atoms. The number of H-pyrrole nitrogens is 1. The molecule has 2 aromatic rings. The van der Waals surface area contributed by atoms with Gasteiger partial charge in [-0.2, -0.15) is 13.2 Å². The first kappa shape index (κ1) is 15.3. The summed E-state index contributed by atoms with van der Waals surface area (Å²) in [6.07, 6.45) is -3.19. The van der Waals surface area contributed by atoms with Crippen LogP contribution >= 0.6 is 12.2 Å². The average Bonchev–Trinajstić information content (AvgIpc) is 2.47. The van der Waals surface area contributed by atoms with Crippen molar-refractivity contribution in [2.45, 2.75) is 37.9 Å². The molecule has 3 rings (SSSR count). The van der Waals surface area contributed by atoms with Gasteiger partial charge in [-0.1, -0.05) is 18.6 Å². The van der Waals surface area contributed by atoms with Crippen LogP contribution in [0.15, 0.2) is 29.1 Å². The summed E-state index contributed by atoms with van der Waals surface area (Å²) in [5.41, 5.74) is 0.295. The molecule has 0 aliphatic heterocycles. The Morgan fingerprint density at radius 3 is 2.68 bits per heavy atom. The van der Waals surface area contributed by atoms with Crippen molar-refractivity contribution in [3.05, 3.63) is 39.4 Å². The van der Waals surface area contributed by atoms with Gasteiger partial charge in [-0.05, 0) is 43.6 Å². The number of halogens is 3. The number of rotatable bonds is 1. The molecule has 22 heavy (non-hydrogen) atoms. The molecule has 1 N–H and O–H groups in total. The van der Waals surface area contributed by atoms with E-state index >= 15 is 0 Å². The second kappa shape index (κ2) is 5.53. The van der Waals surface area contributed by atoms with E-state index in [-0.39, 0.29) is 23.2 Å². The highest BCUT2D eigenvalue weighted by molar-refractivity contribution is 7.71. The molecule has 1 heterocycles. The molecule has 0 bridgehead atoms. The van der Waals surface area contributed by atoms with E-state index < -0.39 is 18.1 Å². The third-order valence-corrected chi connectivity index (χ3v) is 4.61. The van der Waals surface area contributed by atoms with Crippen LogP contribution in [0.1, 0.15) is 31.7 Å². The Labute approximate surface area is 129 Å². The minimum absolute atomic E-state index is 0.0841. The quantitative estimate of drug-likeness (QED) is 0.790. The van der Waals surface area contributed by atoms with Crippen molar-refractivity contribution in [3.63, 3.8) is 0 Å². The van der Waals surface area contributed by atoms with Gasteiger partial charge in [-0.25, -0.2) is 0 Å². The summed E-state index contributed by atoms with van der Waals surface area (Å²) in [5.74, 6) is -1.36. The normalized spacial score (nSPS) is 22.9. The molecule has 1 aromatic heterocycles. The van der Waals surface area contributed by atoms with Crippen LogP contribution in [0.5, 0.6) is 0 Å². The van der Waals surface area contributed by atoms with Crippen LogP contribution in [0.2, 0.25) is 0 Å². The fraction of sp³-hybridized carbons (Fsp3) is 0.467. The molecule has 1 aromatic carbocycles. The van der Waals surface area contributed by atoms with Gasteiger partial charge < -0.3 is 4.98 Å². The molecule has 0 amide bonds. The lowest BCUT2D eigenvalue weighted by Gasteiger charge is -2.31. The van der Waals surface area contributed by atoms with E-state index in [1.54, 1.807) is 24.3 Å². The van der Waals surface area contributed by atoms with E-state index in [0.29, 0.717) is 23.7 Å². The van der Waals surface area contributed by atoms with Crippen LogP contribution in [0.4, 0.5) is 13.2 Å². The number of nitrogens with one attached hydrogen (secondary N) is 1. The summed E-state index contributed by atoms with van der Waals surface area (Å²) in [7, 11) is 0. The van der Waals surface area contributed by atoms with Gasteiger partial charge >= 0.3 is 6.18 Å². The van der Waals surface area contributed by atoms with Crippen molar-refractivity contribution in [2.75, 3.05) is 0 Å². The van der Waals surface area contributed by atoms with E-state index in [1.807, 2.05) is 0 Å². The van der Waals surface area contributed by atoms with Crippen molar-refractivity contribution >= 4 is 23.1 Å². The zero-order valence-electron chi connectivity index (χ0n) is 11.7. The lowest BCUT2D eigenvalue weighted by atomic mass is 9.85. The summed E-state index contributed by atoms with van der Waals surface area (Å²) in [4.78, 5) is 15.5. The van der Waals surface area contributed by atoms with Crippen LogP contribution < -0.4 is 5.56 Å². The van der Waals surface area contributed by atoms with Gasteiger partial charge in [-0.3, -0.25) is 9.36 Å². The van der Waals surface area contributed by atoms with Gasteiger partial charge in [-0.15, -0.1) is 0 Å². The van der Waals surface area contributed by atoms with Gasteiger partial charge in [0, 0.05) is 6.04 Å². The molecule has 118 valence electrons. The van der Waals surface area contributed by atoms with E-state index in [1.165, 1.54) is 4.57 Å². The summed E-state index contributed by atoms with van der Waals surface area (Å²) in [6.45, 7) is 0. The number of hydrogen-bond acceptors (Lipinski definition) is 2. The maximum Gasteiger partial charge on any atom is 0.391 e. The van der Waals surface area contributed by atoms with E-state index in [0.717, 1.165) is 0 Å². The predicted molar refractivity (Wildman–Crippen MR) is 80.4 cm³/mol. The van der Waals surface area contributed by atoms with Crippen molar-refractivity contribution in [3.8, 4) is 0 Å². The molecule has 0 unspecified atom stereocenters. The van der Waals surface area contributed by atoms with Gasteiger partial charge in [0.25, 0.3) is 5.56 Å². The molecular formula is C15H15F3N2OS. The van der Waals surface area contributed by atoms with Crippen molar-refractivity contribution < 1.29 is 13.2 Å². The lowest BCUT2D eigenvalue weighted by Crippen LogP contribution is -2.34. The fourth-order valence-corrected chi connectivity index (χ4v) is 3.55. The zero-order chi connectivity index (χ0) is 15.9. The van der Waals surface area contributed by atoms with Crippen LogP contribution in [0.3, 0.4) is 0 Å². The summed E-state index contributed by atoms with van der Waals surface area (Å²) >= 11 is 5.21. The minimum atomic E-state index is -4.22. The topological polar surface area (TPSA) is 37.8 Å². The Morgan fingerprint density at radius 2 is 1.95 bits per heavy atom. The Morgan fingerprint density at radius 1 is 1.23 bits per heavy atom. The zero-order valence-corrected chi connectivity index (χ0v) is 12.5. The largest absolute Gasteiger partial charge is 0.391 e. The van der Waals surface area contributed by atoms with Gasteiger partial charge in [0.1, 0.15) is 0 Å². The van der Waals surface area contributed by atoms with Crippen LogP contribution in [-0.2, 0) is 0 Å². The molecule has 0 saturated heterocycles. The molecular weight excluding hydrogens is 313 g/mol. The van der Waals surface area contributed by atoms with Crippen molar-refractivity contribution in [2.24, 2.45) is 5.92 Å². The molecule has 1 saturated carbocycles. The number of hydrogen-bond donors (Lipinski definition) is 1. The highest BCUT2D eigenvalue weighted by Crippen LogP contribution is 2.41. The Kier molecular flexibility index (Phi) is 3.84. The first-order chi connectivity index (χ1) is 10.4. The molecule has 7 heteroatoms. The SMILES string of the molecule is O=c1c2ccccc2[nH]c(=S)n1[C@@H]1CCC[C@H](C(F)(F)F)C1. The summed E-state index contributed by atoms with van der Waals surface area (Å²) < 4.78 is 40.4. The van der Waals surface area contributed by atoms with Crippen LogP contribution in [-0.4, -0.2) is 15.7 Å². The van der Waals surface area contributed by atoms with Gasteiger partial charge in [0.15, 0.2) is 4.77 Å². The third-order valence-electron chi connectivity index (χ3n) is 4.31. The molecule has 1 fully saturated rings. The maximum atomic E-state index is 13.0. The highest BCUT2D eigenvalue weighted by atomic mass is 32.1. The van der Waals surface area contributed by atoms with Crippen LogP contribution in [0, 0.1) is 10.7 Å². The summed E-state index contributed by atoms with van der Waals surface area (Å²) in [6, 6.07) is 6.39. The first-order valence-electron chi connectivity index (χ1n) is 7.18. The predicted octanol–water partition coefficient (Wildman–Crippen LogP) is 4.35. The molecule has 0 radical (unpaired) electrons. The fourth-order valence-electron chi connectivity index (χ4n) is 3.20. The first-order valence-corrected chi connectivity index (χ1v) is 7.59. The van der Waals surface area contributed by atoms with Crippen molar-refractivity contribution in [1.29, 1.82) is 0 Å². The Hall–Kier alpha value is -1.63. The number of nitrogens with zero attached hydrogens (tertiary/aromatic N) is 1. The van der Waals surface area contributed by atoms with Crippen molar-refractivity contribution in [1.82, 2.24) is 9.55 Å². The van der Waals surface area contributed by atoms with Gasteiger partial charge in [0.2, 0.25) is 0 Å². The van der Waals surface area contributed by atoms with Crippen LogP contribution in [0.25, 0.3) is 10.9 Å². The molecule has 3 nitrogen and oxygen atoms in total. The van der Waals surface area contributed by atoms with E-state index in [4.69, 9.17) is 12.2 Å². The number of alkyl halides is 3. The standard InChI is InChI=1S/C15H15F3N2OS/c16-15(17,18)9-4-3-5-10(8-9)20-13(21)11-6-1-2-7-12(11)19-14(20)22/h1-2,6-7,9-10H,3-5,8H2,(H,19,22)/t9-,10+/m0/s1. The highest BCUT2D eigenvalue weighted by Gasteiger charge is 2.42. The number of fused-ring (bicyclic) bond motifs is 1.